The molecule has 0 fully saturated rings. The molecule has 2 rings (SSSR count). The van der Waals surface area contributed by atoms with Gasteiger partial charge < -0.3 is 9.47 Å². The normalized spacial score (nSPS) is 9.74. The number of nitrogens with zero attached hydrogens (tertiary/aromatic N) is 1. The van der Waals surface area contributed by atoms with E-state index in [0.717, 1.165) is 5.75 Å². The predicted octanol–water partition coefficient (Wildman–Crippen LogP) is 4.40. The van der Waals surface area contributed by atoms with E-state index in [1.165, 1.54) is 0 Å². The number of hydrogen-bond acceptors (Lipinski definition) is 3. The first-order valence-corrected chi connectivity index (χ1v) is 6.21. The zero-order valence-corrected chi connectivity index (χ0v) is 11.1. The first-order valence-electron chi connectivity index (χ1n) is 5.83. The van der Waals surface area contributed by atoms with E-state index < -0.39 is 0 Å². The number of benzene rings is 2. The molecule has 0 saturated heterocycles. The third-order valence-corrected chi connectivity index (χ3v) is 2.70. The molecule has 2 aromatic carbocycles. The van der Waals surface area contributed by atoms with Crippen molar-refractivity contribution in [2.24, 2.45) is 0 Å². The van der Waals surface area contributed by atoms with Gasteiger partial charge >= 0.3 is 0 Å². The van der Waals surface area contributed by atoms with Crippen molar-refractivity contribution >= 4 is 11.6 Å². The van der Waals surface area contributed by atoms with E-state index in [1.807, 2.05) is 31.2 Å². The molecule has 0 aliphatic rings. The van der Waals surface area contributed by atoms with Gasteiger partial charge in [0, 0.05) is 6.07 Å². The lowest BCUT2D eigenvalue weighted by molar-refractivity contribution is 0.338. The Hall–Kier alpha value is -2.18. The van der Waals surface area contributed by atoms with Gasteiger partial charge in [0.1, 0.15) is 17.2 Å². The molecule has 0 heterocycles. The van der Waals surface area contributed by atoms with Crippen LogP contribution in [0.4, 0.5) is 0 Å². The smallest absolute Gasteiger partial charge is 0.146 e. The van der Waals surface area contributed by atoms with Crippen molar-refractivity contribution < 1.29 is 9.47 Å². The average Bonchev–Trinajstić information content (AvgIpc) is 2.42. The molecule has 0 spiro atoms. The van der Waals surface area contributed by atoms with Crippen molar-refractivity contribution in [3.8, 4) is 23.3 Å². The van der Waals surface area contributed by atoms with Crippen LogP contribution in [-0.2, 0) is 0 Å². The lowest BCUT2D eigenvalue weighted by Crippen LogP contribution is -1.92. The molecule has 0 aromatic heterocycles. The maximum Gasteiger partial charge on any atom is 0.146 e. The Bertz CT molecular complexity index is 620. The fourth-order valence-corrected chi connectivity index (χ4v) is 1.79. The molecule has 0 unspecified atom stereocenters. The number of halogens is 1. The monoisotopic (exact) mass is 273 g/mol. The van der Waals surface area contributed by atoms with Crippen LogP contribution in [0.25, 0.3) is 0 Å². The summed E-state index contributed by atoms with van der Waals surface area (Å²) < 4.78 is 11.1. The summed E-state index contributed by atoms with van der Waals surface area (Å²) in [5.41, 5.74) is 0.500. The van der Waals surface area contributed by atoms with Gasteiger partial charge in [-0.15, -0.1) is 0 Å². The second kappa shape index (κ2) is 6.12. The van der Waals surface area contributed by atoms with Gasteiger partial charge in [-0.1, -0.05) is 17.7 Å². The van der Waals surface area contributed by atoms with Gasteiger partial charge in [-0.05, 0) is 37.3 Å². The van der Waals surface area contributed by atoms with E-state index >= 15 is 0 Å². The molecule has 19 heavy (non-hydrogen) atoms. The van der Waals surface area contributed by atoms with Crippen molar-refractivity contribution in [2.75, 3.05) is 6.61 Å². The summed E-state index contributed by atoms with van der Waals surface area (Å²) in [5.74, 6) is 1.89. The number of ether oxygens (including phenoxy) is 2. The molecule has 0 aliphatic heterocycles. The maximum atomic E-state index is 8.77. The van der Waals surface area contributed by atoms with E-state index in [2.05, 4.69) is 0 Å². The predicted molar refractivity (Wildman–Crippen MR) is 73.9 cm³/mol. The van der Waals surface area contributed by atoms with Gasteiger partial charge in [-0.2, -0.15) is 5.26 Å². The van der Waals surface area contributed by atoms with Crippen molar-refractivity contribution in [1.82, 2.24) is 0 Å². The standard InChI is InChI=1S/C15H12ClNO2/c1-2-18-12-4-3-5-13(9-12)19-15-7-6-11(10-17)8-14(15)16/h3-9H,2H2,1H3. The average molecular weight is 274 g/mol. The van der Waals surface area contributed by atoms with E-state index in [9.17, 15) is 0 Å². The highest BCUT2D eigenvalue weighted by atomic mass is 35.5. The molecule has 0 amide bonds. The summed E-state index contributed by atoms with van der Waals surface area (Å²) in [6, 6.07) is 14.2. The summed E-state index contributed by atoms with van der Waals surface area (Å²) >= 11 is 6.05. The van der Waals surface area contributed by atoms with Crippen molar-refractivity contribution in [2.45, 2.75) is 6.92 Å². The molecule has 0 aliphatic carbocycles. The van der Waals surface area contributed by atoms with E-state index in [4.69, 9.17) is 26.3 Å². The highest BCUT2D eigenvalue weighted by Crippen LogP contribution is 2.31. The molecule has 96 valence electrons. The fraction of sp³-hybridized carbons (Fsp3) is 0.133. The van der Waals surface area contributed by atoms with Gasteiger partial charge in [0.05, 0.1) is 23.3 Å². The van der Waals surface area contributed by atoms with E-state index in [0.29, 0.717) is 28.7 Å². The minimum Gasteiger partial charge on any atom is -0.494 e. The van der Waals surface area contributed by atoms with Gasteiger partial charge in [-0.3, -0.25) is 0 Å². The quantitative estimate of drug-likeness (QED) is 0.829. The zero-order chi connectivity index (χ0) is 13.7. The van der Waals surface area contributed by atoms with Crippen LogP contribution in [0, 0.1) is 11.3 Å². The van der Waals surface area contributed by atoms with Crippen LogP contribution in [0.1, 0.15) is 12.5 Å². The Labute approximate surface area is 117 Å². The minimum atomic E-state index is 0.404. The Kier molecular flexibility index (Phi) is 4.27. The van der Waals surface area contributed by atoms with Gasteiger partial charge in [0.25, 0.3) is 0 Å². The maximum absolute atomic E-state index is 8.77. The third kappa shape index (κ3) is 3.40. The Morgan fingerprint density at radius 2 is 1.95 bits per heavy atom. The second-order valence-corrected chi connectivity index (χ2v) is 4.17. The first-order chi connectivity index (χ1) is 9.22. The van der Waals surface area contributed by atoms with Crippen LogP contribution in [0.5, 0.6) is 17.2 Å². The van der Waals surface area contributed by atoms with Crippen LogP contribution >= 0.6 is 11.6 Å². The molecule has 0 radical (unpaired) electrons. The Morgan fingerprint density at radius 3 is 2.63 bits per heavy atom. The molecule has 0 saturated carbocycles. The highest BCUT2D eigenvalue weighted by molar-refractivity contribution is 6.32. The molecular weight excluding hydrogens is 262 g/mol. The Balaban J connectivity index is 2.21. The molecule has 0 bridgehead atoms. The number of rotatable bonds is 4. The van der Waals surface area contributed by atoms with Crippen LogP contribution in [0.15, 0.2) is 42.5 Å². The van der Waals surface area contributed by atoms with Crippen LogP contribution in [0.3, 0.4) is 0 Å². The molecule has 0 N–H and O–H groups in total. The van der Waals surface area contributed by atoms with E-state index in [1.54, 1.807) is 24.3 Å². The molecule has 2 aromatic rings. The first kappa shape index (κ1) is 13.3. The van der Waals surface area contributed by atoms with Gasteiger partial charge in [-0.25, -0.2) is 0 Å². The summed E-state index contributed by atoms with van der Waals surface area (Å²) in [5, 5.41) is 9.18. The Morgan fingerprint density at radius 1 is 1.16 bits per heavy atom. The lowest BCUT2D eigenvalue weighted by Gasteiger charge is -2.09. The molecule has 4 heteroatoms. The summed E-state index contributed by atoms with van der Waals surface area (Å²) in [4.78, 5) is 0. The number of hydrogen-bond donors (Lipinski definition) is 0. The molecular formula is C15H12ClNO2. The lowest BCUT2D eigenvalue weighted by atomic mass is 10.2. The van der Waals surface area contributed by atoms with Crippen LogP contribution in [0.2, 0.25) is 5.02 Å². The largest absolute Gasteiger partial charge is 0.494 e. The molecule has 0 atom stereocenters. The summed E-state index contributed by atoms with van der Waals surface area (Å²) in [7, 11) is 0. The van der Waals surface area contributed by atoms with Crippen LogP contribution < -0.4 is 9.47 Å². The summed E-state index contributed by atoms with van der Waals surface area (Å²) in [6.45, 7) is 2.52. The fourth-order valence-electron chi connectivity index (χ4n) is 1.57. The summed E-state index contributed by atoms with van der Waals surface area (Å²) in [6.07, 6.45) is 0. The van der Waals surface area contributed by atoms with Crippen molar-refractivity contribution in [3.63, 3.8) is 0 Å². The van der Waals surface area contributed by atoms with Gasteiger partial charge in [0.15, 0.2) is 0 Å². The van der Waals surface area contributed by atoms with Crippen molar-refractivity contribution in [3.05, 3.63) is 53.1 Å². The second-order valence-electron chi connectivity index (χ2n) is 3.77. The zero-order valence-electron chi connectivity index (χ0n) is 10.4. The SMILES string of the molecule is CCOc1cccc(Oc2ccc(C#N)cc2Cl)c1. The topological polar surface area (TPSA) is 42.2 Å². The highest BCUT2D eigenvalue weighted by Gasteiger charge is 2.05. The minimum absolute atomic E-state index is 0.404. The van der Waals surface area contributed by atoms with E-state index in [-0.39, 0.29) is 0 Å². The van der Waals surface area contributed by atoms with Crippen molar-refractivity contribution in [1.29, 1.82) is 5.26 Å². The van der Waals surface area contributed by atoms with Gasteiger partial charge in [0.2, 0.25) is 0 Å². The number of nitriles is 1. The third-order valence-electron chi connectivity index (χ3n) is 2.41. The van der Waals surface area contributed by atoms with Crippen LogP contribution in [-0.4, -0.2) is 6.61 Å². The molecule has 3 nitrogen and oxygen atoms in total.